The first-order valence-corrected chi connectivity index (χ1v) is 7.21. The van der Waals surface area contributed by atoms with E-state index in [4.69, 9.17) is 15.0 Å². The predicted octanol–water partition coefficient (Wildman–Crippen LogP) is 2.69. The molecule has 1 atom stereocenters. The van der Waals surface area contributed by atoms with Gasteiger partial charge < -0.3 is 15.0 Å². The zero-order chi connectivity index (χ0) is 14.9. The summed E-state index contributed by atoms with van der Waals surface area (Å²) in [5.74, 6) is 1.03. The number of aromatic nitrogens is 3. The van der Waals surface area contributed by atoms with Crippen LogP contribution >= 0.6 is 11.3 Å². The smallest absolute Gasteiger partial charge is 0.270 e. The zero-order valence-electron chi connectivity index (χ0n) is 12.4. The first-order chi connectivity index (χ1) is 9.36. The zero-order valence-corrected chi connectivity index (χ0v) is 13.2. The second-order valence-corrected chi connectivity index (χ2v) is 6.75. The number of rotatable bonds is 4. The Hall–Kier alpha value is -1.31. The molecule has 0 spiro atoms. The van der Waals surface area contributed by atoms with Crippen molar-refractivity contribution in [2.45, 2.75) is 40.3 Å². The highest BCUT2D eigenvalue weighted by atomic mass is 32.1. The van der Waals surface area contributed by atoms with Gasteiger partial charge in [0.05, 0.1) is 5.69 Å². The minimum absolute atomic E-state index is 0.110. The Morgan fingerprint density at radius 1 is 1.35 bits per heavy atom. The highest BCUT2D eigenvalue weighted by Crippen LogP contribution is 2.36. The summed E-state index contributed by atoms with van der Waals surface area (Å²) in [7, 11) is 1.65. The number of aryl methyl sites for hydroxylation is 1. The standard InChI is InChI=1S/C13H20N4O2S/c1-7-9(20-8(6-14)15-7)12-16-11(17-19-12)10(18-5)13(2,3)4/h10H,6,14H2,1-5H3. The number of methoxy groups -OCH3 is 1. The first-order valence-electron chi connectivity index (χ1n) is 6.40. The molecule has 2 N–H and O–H groups in total. The van der Waals surface area contributed by atoms with Crippen LogP contribution in [0.1, 0.15) is 43.4 Å². The Kier molecular flexibility index (Phi) is 4.22. The predicted molar refractivity (Wildman–Crippen MR) is 77.2 cm³/mol. The number of ether oxygens (including phenoxy) is 1. The van der Waals surface area contributed by atoms with Gasteiger partial charge >= 0.3 is 0 Å². The van der Waals surface area contributed by atoms with E-state index in [1.807, 2.05) is 6.92 Å². The average Bonchev–Trinajstić information content (AvgIpc) is 2.94. The molecule has 0 aliphatic rings. The number of hydrogen-bond acceptors (Lipinski definition) is 7. The summed E-state index contributed by atoms with van der Waals surface area (Å²) in [6.07, 6.45) is -0.220. The van der Waals surface area contributed by atoms with Gasteiger partial charge in [-0.2, -0.15) is 4.98 Å². The van der Waals surface area contributed by atoms with E-state index in [9.17, 15) is 0 Å². The fourth-order valence-electron chi connectivity index (χ4n) is 2.02. The fourth-order valence-corrected chi connectivity index (χ4v) is 2.88. The Labute approximate surface area is 122 Å². The van der Waals surface area contributed by atoms with Crippen molar-refractivity contribution in [1.82, 2.24) is 15.1 Å². The maximum atomic E-state index is 5.60. The van der Waals surface area contributed by atoms with E-state index >= 15 is 0 Å². The van der Waals surface area contributed by atoms with Gasteiger partial charge in [0.25, 0.3) is 5.89 Å². The fraction of sp³-hybridized carbons (Fsp3) is 0.615. The highest BCUT2D eigenvalue weighted by Gasteiger charge is 2.31. The van der Waals surface area contributed by atoms with Gasteiger partial charge in [0.15, 0.2) is 0 Å². The van der Waals surface area contributed by atoms with Crippen LogP contribution in [0.2, 0.25) is 0 Å². The summed E-state index contributed by atoms with van der Waals surface area (Å²) >= 11 is 1.48. The van der Waals surface area contributed by atoms with Gasteiger partial charge in [-0.15, -0.1) is 11.3 Å². The molecule has 0 aliphatic heterocycles. The average molecular weight is 296 g/mol. The monoisotopic (exact) mass is 296 g/mol. The first kappa shape index (κ1) is 15.1. The minimum Gasteiger partial charge on any atom is -0.373 e. The van der Waals surface area contributed by atoms with Crippen LogP contribution in [0, 0.1) is 12.3 Å². The molecule has 2 aromatic heterocycles. The summed E-state index contributed by atoms with van der Waals surface area (Å²) in [6, 6.07) is 0. The molecule has 20 heavy (non-hydrogen) atoms. The van der Waals surface area contributed by atoms with Crippen LogP contribution in [-0.4, -0.2) is 22.2 Å². The summed E-state index contributed by atoms with van der Waals surface area (Å²) in [5.41, 5.74) is 6.35. The number of nitrogens with zero attached hydrogens (tertiary/aromatic N) is 3. The van der Waals surface area contributed by atoms with Crippen molar-refractivity contribution in [1.29, 1.82) is 0 Å². The summed E-state index contributed by atoms with van der Waals surface area (Å²) < 4.78 is 10.8. The molecule has 1 unspecified atom stereocenters. The van der Waals surface area contributed by atoms with Gasteiger partial charge in [0.2, 0.25) is 5.82 Å². The molecule has 0 aromatic carbocycles. The molecule has 2 heterocycles. The quantitative estimate of drug-likeness (QED) is 0.933. The number of nitrogens with two attached hydrogens (primary N) is 1. The third kappa shape index (κ3) is 2.89. The second kappa shape index (κ2) is 5.59. The van der Waals surface area contributed by atoms with Crippen molar-refractivity contribution >= 4 is 11.3 Å². The Balaban J connectivity index is 2.35. The number of hydrogen-bond donors (Lipinski definition) is 1. The maximum absolute atomic E-state index is 5.60. The SMILES string of the molecule is COC(c1noc(-c2sc(CN)nc2C)n1)C(C)(C)C. The van der Waals surface area contributed by atoms with Crippen molar-refractivity contribution in [3.05, 3.63) is 16.5 Å². The summed E-state index contributed by atoms with van der Waals surface area (Å²) in [4.78, 5) is 9.68. The molecule has 0 fully saturated rings. The lowest BCUT2D eigenvalue weighted by molar-refractivity contribution is 0.00718. The van der Waals surface area contributed by atoms with E-state index in [2.05, 4.69) is 35.9 Å². The normalized spacial score (nSPS) is 13.7. The van der Waals surface area contributed by atoms with Gasteiger partial charge in [-0.3, -0.25) is 0 Å². The van der Waals surface area contributed by atoms with Crippen LogP contribution in [0.25, 0.3) is 10.8 Å². The van der Waals surface area contributed by atoms with Crippen LogP contribution in [0.15, 0.2) is 4.52 Å². The molecule has 0 saturated carbocycles. The van der Waals surface area contributed by atoms with Crippen LogP contribution in [0.5, 0.6) is 0 Å². The maximum Gasteiger partial charge on any atom is 0.270 e. The second-order valence-electron chi connectivity index (χ2n) is 5.67. The van der Waals surface area contributed by atoms with E-state index in [-0.39, 0.29) is 11.5 Å². The summed E-state index contributed by atoms with van der Waals surface area (Å²) in [5, 5.41) is 4.90. The number of thiazole rings is 1. The minimum atomic E-state index is -0.220. The highest BCUT2D eigenvalue weighted by molar-refractivity contribution is 7.15. The molecule has 0 aliphatic carbocycles. The van der Waals surface area contributed by atoms with Crippen LogP contribution in [0.3, 0.4) is 0 Å². The van der Waals surface area contributed by atoms with Gasteiger partial charge in [-0.25, -0.2) is 4.98 Å². The molecule has 2 aromatic rings. The molecule has 7 heteroatoms. The molecule has 2 rings (SSSR count). The third-order valence-corrected chi connectivity index (χ3v) is 4.08. The van der Waals surface area contributed by atoms with Gasteiger partial charge in [-0.05, 0) is 12.3 Å². The lowest BCUT2D eigenvalue weighted by Crippen LogP contribution is -2.21. The molecule has 0 bridgehead atoms. The van der Waals surface area contributed by atoms with Crippen molar-refractivity contribution in [3.63, 3.8) is 0 Å². The Bertz CT molecular complexity index is 585. The van der Waals surface area contributed by atoms with Crippen molar-refractivity contribution in [3.8, 4) is 10.8 Å². The molecule has 0 radical (unpaired) electrons. The molecule has 110 valence electrons. The lowest BCUT2D eigenvalue weighted by atomic mass is 9.88. The van der Waals surface area contributed by atoms with Crippen molar-refractivity contribution in [2.75, 3.05) is 7.11 Å². The van der Waals surface area contributed by atoms with E-state index in [1.165, 1.54) is 11.3 Å². The molecule has 0 saturated heterocycles. The molecular weight excluding hydrogens is 276 g/mol. The van der Waals surface area contributed by atoms with E-state index in [0.29, 0.717) is 18.3 Å². The van der Waals surface area contributed by atoms with Crippen LogP contribution < -0.4 is 5.73 Å². The Morgan fingerprint density at radius 2 is 2.05 bits per heavy atom. The van der Waals surface area contributed by atoms with Crippen LogP contribution in [-0.2, 0) is 11.3 Å². The topological polar surface area (TPSA) is 87.1 Å². The van der Waals surface area contributed by atoms with E-state index in [1.54, 1.807) is 7.11 Å². The van der Waals surface area contributed by atoms with Crippen LogP contribution in [0.4, 0.5) is 0 Å². The third-order valence-electron chi connectivity index (χ3n) is 2.91. The van der Waals surface area contributed by atoms with E-state index in [0.717, 1.165) is 15.6 Å². The molecule has 6 nitrogen and oxygen atoms in total. The molecule has 0 amide bonds. The van der Waals surface area contributed by atoms with Gasteiger partial charge in [0.1, 0.15) is 16.0 Å². The van der Waals surface area contributed by atoms with Gasteiger partial charge in [0, 0.05) is 13.7 Å². The van der Waals surface area contributed by atoms with E-state index < -0.39 is 0 Å². The molecular formula is C13H20N4O2S. The lowest BCUT2D eigenvalue weighted by Gasteiger charge is -2.26. The van der Waals surface area contributed by atoms with Gasteiger partial charge in [-0.1, -0.05) is 25.9 Å². The summed E-state index contributed by atoms with van der Waals surface area (Å²) in [6.45, 7) is 8.53. The Morgan fingerprint density at radius 3 is 2.55 bits per heavy atom. The largest absolute Gasteiger partial charge is 0.373 e. The van der Waals surface area contributed by atoms with Crippen molar-refractivity contribution in [2.24, 2.45) is 11.1 Å². The van der Waals surface area contributed by atoms with Crippen molar-refractivity contribution < 1.29 is 9.26 Å².